The Balaban J connectivity index is 1.86. The monoisotopic (exact) mass is 395 g/mol. The summed E-state index contributed by atoms with van der Waals surface area (Å²) in [6.07, 6.45) is 1.78. The Hall–Kier alpha value is -2.51. The van der Waals surface area contributed by atoms with Crippen molar-refractivity contribution in [3.8, 4) is 6.07 Å². The normalized spacial score (nSPS) is 17.2. The number of anilines is 1. The molecule has 2 aromatic carbocycles. The molecule has 5 heteroatoms. The second-order valence-electron chi connectivity index (χ2n) is 7.43. The van der Waals surface area contributed by atoms with E-state index in [1.165, 1.54) is 5.56 Å². The molecule has 0 aromatic heterocycles. The standard InChI is InChI=1S/C23H26ClN3O/c1-3-17(2)23(28)26-12-11-21(16-26)27(15-18-7-5-4-6-8-18)20-10-9-19(14-25)22(24)13-20/h4-10,13,17,21H,3,11-12,15-16H2,1-2H3/t17?,21-/m0/s1. The SMILES string of the molecule is CCC(C)C(=O)N1CC[C@H](N(Cc2ccccc2)c2ccc(C#N)c(Cl)c2)C1. The summed E-state index contributed by atoms with van der Waals surface area (Å²) in [5.41, 5.74) is 2.66. The molecule has 0 radical (unpaired) electrons. The molecule has 1 saturated heterocycles. The van der Waals surface area contributed by atoms with Crippen LogP contribution in [0.4, 0.5) is 5.69 Å². The van der Waals surface area contributed by atoms with Gasteiger partial charge in [-0.1, -0.05) is 55.8 Å². The fraction of sp³-hybridized carbons (Fsp3) is 0.391. The van der Waals surface area contributed by atoms with Gasteiger partial charge in [-0.3, -0.25) is 4.79 Å². The minimum absolute atomic E-state index is 0.0608. The topological polar surface area (TPSA) is 47.3 Å². The molecule has 2 aromatic rings. The van der Waals surface area contributed by atoms with Crippen molar-refractivity contribution < 1.29 is 4.79 Å². The van der Waals surface area contributed by atoms with Crippen molar-refractivity contribution in [1.29, 1.82) is 5.26 Å². The number of nitriles is 1. The maximum absolute atomic E-state index is 12.6. The fourth-order valence-electron chi connectivity index (χ4n) is 3.67. The third kappa shape index (κ3) is 4.48. The van der Waals surface area contributed by atoms with Crippen LogP contribution in [0.3, 0.4) is 0 Å². The molecule has 1 aliphatic heterocycles. The Morgan fingerprint density at radius 2 is 2.07 bits per heavy atom. The summed E-state index contributed by atoms with van der Waals surface area (Å²) < 4.78 is 0. The molecule has 1 fully saturated rings. The molecule has 0 aliphatic carbocycles. The first-order valence-corrected chi connectivity index (χ1v) is 10.2. The molecule has 28 heavy (non-hydrogen) atoms. The van der Waals surface area contributed by atoms with Gasteiger partial charge in [0, 0.05) is 37.3 Å². The van der Waals surface area contributed by atoms with E-state index in [-0.39, 0.29) is 17.9 Å². The number of hydrogen-bond acceptors (Lipinski definition) is 3. The average Bonchev–Trinajstić information content (AvgIpc) is 3.21. The van der Waals surface area contributed by atoms with Gasteiger partial charge < -0.3 is 9.80 Å². The quantitative estimate of drug-likeness (QED) is 0.701. The number of likely N-dealkylation sites (tertiary alicyclic amines) is 1. The van der Waals surface area contributed by atoms with E-state index in [1.54, 1.807) is 6.07 Å². The minimum atomic E-state index is 0.0608. The van der Waals surface area contributed by atoms with E-state index in [0.717, 1.165) is 31.6 Å². The van der Waals surface area contributed by atoms with E-state index in [2.05, 4.69) is 30.0 Å². The van der Waals surface area contributed by atoms with Crippen LogP contribution < -0.4 is 4.90 Å². The van der Waals surface area contributed by atoms with Gasteiger partial charge in [-0.15, -0.1) is 0 Å². The van der Waals surface area contributed by atoms with Gasteiger partial charge in [0.2, 0.25) is 5.91 Å². The number of nitrogens with zero attached hydrogens (tertiary/aromatic N) is 3. The van der Waals surface area contributed by atoms with Crippen LogP contribution in [0.15, 0.2) is 48.5 Å². The van der Waals surface area contributed by atoms with Crippen LogP contribution in [0.25, 0.3) is 0 Å². The van der Waals surface area contributed by atoms with Gasteiger partial charge in [0.1, 0.15) is 6.07 Å². The summed E-state index contributed by atoms with van der Waals surface area (Å²) in [5.74, 6) is 0.299. The number of amides is 1. The van der Waals surface area contributed by atoms with Gasteiger partial charge in [-0.2, -0.15) is 5.26 Å². The minimum Gasteiger partial charge on any atom is -0.362 e. The highest BCUT2D eigenvalue weighted by Crippen LogP contribution is 2.29. The maximum Gasteiger partial charge on any atom is 0.225 e. The smallest absolute Gasteiger partial charge is 0.225 e. The lowest BCUT2D eigenvalue weighted by Crippen LogP contribution is -2.40. The van der Waals surface area contributed by atoms with Crippen molar-refractivity contribution in [1.82, 2.24) is 4.90 Å². The highest BCUT2D eigenvalue weighted by molar-refractivity contribution is 6.32. The number of halogens is 1. The van der Waals surface area contributed by atoms with Gasteiger partial charge in [0.05, 0.1) is 10.6 Å². The van der Waals surface area contributed by atoms with Gasteiger partial charge in [0.15, 0.2) is 0 Å². The van der Waals surface area contributed by atoms with Crippen molar-refractivity contribution in [2.24, 2.45) is 5.92 Å². The summed E-state index contributed by atoms with van der Waals surface area (Å²) in [7, 11) is 0. The Labute approximate surface area is 172 Å². The van der Waals surface area contributed by atoms with Gasteiger partial charge in [-0.05, 0) is 36.6 Å². The third-order valence-electron chi connectivity index (χ3n) is 5.55. The van der Waals surface area contributed by atoms with Crippen molar-refractivity contribution in [2.45, 2.75) is 39.3 Å². The number of rotatable bonds is 6. The summed E-state index contributed by atoms with van der Waals surface area (Å²) in [4.78, 5) is 16.9. The third-order valence-corrected chi connectivity index (χ3v) is 5.86. The molecule has 0 N–H and O–H groups in total. The Morgan fingerprint density at radius 3 is 2.71 bits per heavy atom. The lowest BCUT2D eigenvalue weighted by molar-refractivity contribution is -0.134. The summed E-state index contributed by atoms with van der Waals surface area (Å²) in [6, 6.07) is 18.2. The molecule has 0 saturated carbocycles. The molecule has 1 aliphatic rings. The molecule has 146 valence electrons. The van der Waals surface area contributed by atoms with E-state index >= 15 is 0 Å². The van der Waals surface area contributed by atoms with Crippen LogP contribution in [-0.2, 0) is 11.3 Å². The lowest BCUT2D eigenvalue weighted by atomic mass is 10.1. The summed E-state index contributed by atoms with van der Waals surface area (Å²) >= 11 is 6.31. The Bertz CT molecular complexity index is 862. The largest absolute Gasteiger partial charge is 0.362 e. The van der Waals surface area contributed by atoms with Gasteiger partial charge >= 0.3 is 0 Å². The van der Waals surface area contributed by atoms with Crippen molar-refractivity contribution in [3.05, 3.63) is 64.7 Å². The van der Waals surface area contributed by atoms with Crippen LogP contribution in [0, 0.1) is 17.2 Å². The predicted molar refractivity (Wildman–Crippen MR) is 113 cm³/mol. The van der Waals surface area contributed by atoms with E-state index in [1.807, 2.05) is 42.2 Å². The Kier molecular flexibility index (Phi) is 6.59. The second kappa shape index (κ2) is 9.12. The number of carbonyl (C=O) groups is 1. The van der Waals surface area contributed by atoms with Gasteiger partial charge in [-0.25, -0.2) is 0 Å². The first kappa shape index (κ1) is 20.2. The zero-order chi connectivity index (χ0) is 20.1. The molecule has 0 bridgehead atoms. The molecule has 1 heterocycles. The van der Waals surface area contributed by atoms with Crippen LogP contribution in [-0.4, -0.2) is 29.9 Å². The molecule has 1 amide bonds. The van der Waals surface area contributed by atoms with Crippen molar-refractivity contribution in [2.75, 3.05) is 18.0 Å². The average molecular weight is 396 g/mol. The zero-order valence-electron chi connectivity index (χ0n) is 16.4. The molecule has 0 spiro atoms. The van der Waals surface area contributed by atoms with Gasteiger partial charge in [0.25, 0.3) is 0 Å². The van der Waals surface area contributed by atoms with Crippen LogP contribution >= 0.6 is 11.6 Å². The van der Waals surface area contributed by atoms with Crippen LogP contribution in [0.5, 0.6) is 0 Å². The highest BCUT2D eigenvalue weighted by atomic mass is 35.5. The van der Waals surface area contributed by atoms with Crippen LogP contribution in [0.1, 0.15) is 37.8 Å². The molecule has 4 nitrogen and oxygen atoms in total. The van der Waals surface area contributed by atoms with Crippen molar-refractivity contribution in [3.63, 3.8) is 0 Å². The number of benzene rings is 2. The Morgan fingerprint density at radius 1 is 1.32 bits per heavy atom. The lowest BCUT2D eigenvalue weighted by Gasteiger charge is -2.32. The first-order valence-electron chi connectivity index (χ1n) is 9.82. The molecule has 2 atom stereocenters. The van der Waals surface area contributed by atoms with E-state index in [4.69, 9.17) is 11.6 Å². The second-order valence-corrected chi connectivity index (χ2v) is 7.83. The van der Waals surface area contributed by atoms with E-state index < -0.39 is 0 Å². The number of carbonyl (C=O) groups excluding carboxylic acids is 1. The van der Waals surface area contributed by atoms with E-state index in [0.29, 0.717) is 17.1 Å². The predicted octanol–water partition coefficient (Wildman–Crippen LogP) is 4.87. The molecular formula is C23H26ClN3O. The van der Waals surface area contributed by atoms with E-state index in [9.17, 15) is 10.1 Å². The maximum atomic E-state index is 12.6. The molecule has 3 rings (SSSR count). The first-order chi connectivity index (χ1) is 13.5. The molecule has 1 unspecified atom stereocenters. The fourth-order valence-corrected chi connectivity index (χ4v) is 3.88. The summed E-state index contributed by atoms with van der Waals surface area (Å²) in [6.45, 7) is 6.28. The van der Waals surface area contributed by atoms with Crippen molar-refractivity contribution >= 4 is 23.2 Å². The zero-order valence-corrected chi connectivity index (χ0v) is 17.2. The number of hydrogen-bond donors (Lipinski definition) is 0. The summed E-state index contributed by atoms with van der Waals surface area (Å²) in [5, 5.41) is 9.64. The molecular weight excluding hydrogens is 370 g/mol. The highest BCUT2D eigenvalue weighted by Gasteiger charge is 2.32. The van der Waals surface area contributed by atoms with Crippen LogP contribution in [0.2, 0.25) is 5.02 Å².